The molecule has 0 rings (SSSR count). The molecule has 0 aliphatic carbocycles. The van der Waals surface area contributed by atoms with Crippen molar-refractivity contribution in [1.29, 1.82) is 0 Å². The Morgan fingerprint density at radius 2 is 1.08 bits per heavy atom. The van der Waals surface area contributed by atoms with Gasteiger partial charge in [0.15, 0.2) is 0 Å². The quantitative estimate of drug-likeness (QED) is 0.206. The van der Waals surface area contributed by atoms with E-state index in [2.05, 4.69) is 0 Å². The lowest BCUT2D eigenvalue weighted by atomic mass is 9.80. The maximum Gasteiger partial charge on any atom is 0.460 e. The van der Waals surface area contributed by atoms with Crippen molar-refractivity contribution < 1.29 is 48.3 Å². The first-order chi connectivity index (χ1) is 10.3. The van der Waals surface area contributed by atoms with Gasteiger partial charge in [0.25, 0.3) is 5.67 Å². The summed E-state index contributed by atoms with van der Waals surface area (Å²) in [6.07, 6.45) is -16.4. The second-order valence-corrected chi connectivity index (χ2v) is 7.67. The Morgan fingerprint density at radius 1 is 0.667 bits per heavy atom. The van der Waals surface area contributed by atoms with Gasteiger partial charge in [-0.3, -0.25) is 0 Å². The fourth-order valence-electron chi connectivity index (χ4n) is 2.09. The van der Waals surface area contributed by atoms with E-state index in [1.807, 2.05) is 0 Å². The molecule has 0 N–H and O–H groups in total. The van der Waals surface area contributed by atoms with Gasteiger partial charge < -0.3 is 0 Å². The molecule has 12 heteroatoms. The van der Waals surface area contributed by atoms with Gasteiger partial charge in [0, 0.05) is 9.84 Å². The number of alkyl halides is 12. The van der Waals surface area contributed by atoms with Gasteiger partial charge in [0.2, 0.25) is 0 Å². The van der Waals surface area contributed by atoms with Gasteiger partial charge in [-0.2, -0.15) is 43.9 Å². The molecule has 0 nitrogen and oxygen atoms in total. The van der Waals surface area contributed by atoms with Crippen molar-refractivity contribution in [2.24, 2.45) is 0 Å². The monoisotopic (exact) mass is 494 g/mol. The molecule has 0 aliphatic rings. The minimum absolute atomic E-state index is 0.0892. The summed E-state index contributed by atoms with van der Waals surface area (Å²) in [7, 11) is 0. The smallest absolute Gasteiger partial charge is 0.227 e. The van der Waals surface area contributed by atoms with Gasteiger partial charge in [-0.25, -0.2) is 4.39 Å². The van der Waals surface area contributed by atoms with Crippen LogP contribution in [0.3, 0.4) is 0 Å². The van der Waals surface area contributed by atoms with Gasteiger partial charge >= 0.3 is 24.2 Å². The molecule has 0 saturated heterocycles. The first-order valence-electron chi connectivity index (χ1n) is 6.60. The first-order valence-corrected chi connectivity index (χ1v) is 7.67. The summed E-state index contributed by atoms with van der Waals surface area (Å²) in [6, 6.07) is 0. The molecule has 0 radical (unpaired) electrons. The summed E-state index contributed by atoms with van der Waals surface area (Å²) in [5, 5.41) is 0. The second kappa shape index (κ2) is 6.93. The predicted octanol–water partition coefficient (Wildman–Crippen LogP) is 6.86. The van der Waals surface area contributed by atoms with Gasteiger partial charge in [-0.05, 0) is 12.8 Å². The molecule has 0 heterocycles. The molecule has 24 heavy (non-hydrogen) atoms. The fraction of sp³-hybridized carbons (Fsp3) is 1.00. The second-order valence-electron chi connectivity index (χ2n) is 5.38. The summed E-state index contributed by atoms with van der Waals surface area (Å²) < 4.78 is 141. The topological polar surface area (TPSA) is 0 Å². The summed E-state index contributed by atoms with van der Waals surface area (Å²) in [4.78, 5) is 0. The number of hydrogen-bond donors (Lipinski definition) is 0. The van der Waals surface area contributed by atoms with Crippen LogP contribution in [-0.4, -0.2) is 33.3 Å². The lowest BCUT2D eigenvalue weighted by Gasteiger charge is -2.43. The molecule has 0 fully saturated rings. The molecule has 0 aromatic carbocycles. The van der Waals surface area contributed by atoms with Crippen LogP contribution >= 0.6 is 22.6 Å². The van der Waals surface area contributed by atoms with E-state index in [9.17, 15) is 48.3 Å². The highest BCUT2D eigenvalue weighted by Gasteiger charge is 2.86. The Balaban J connectivity index is 6.31. The van der Waals surface area contributed by atoms with Gasteiger partial charge in [-0.15, -0.1) is 0 Å². The molecule has 0 bridgehead atoms. The minimum atomic E-state index is -7.19. The van der Waals surface area contributed by atoms with Crippen LogP contribution < -0.4 is 0 Å². The zero-order valence-corrected chi connectivity index (χ0v) is 14.5. The third-order valence-electron chi connectivity index (χ3n) is 3.59. The molecule has 0 aromatic rings. The van der Waals surface area contributed by atoms with E-state index >= 15 is 0 Å². The fourth-order valence-corrected chi connectivity index (χ4v) is 3.16. The molecule has 2 atom stereocenters. The molecule has 0 spiro atoms. The van der Waals surface area contributed by atoms with Crippen LogP contribution in [0.4, 0.5) is 48.3 Å². The molecule has 0 amide bonds. The van der Waals surface area contributed by atoms with Gasteiger partial charge in [0.05, 0.1) is 0 Å². The molecular formula is C12H14F11I. The highest BCUT2D eigenvalue weighted by molar-refractivity contribution is 14.1. The van der Waals surface area contributed by atoms with Crippen molar-refractivity contribution in [3.05, 3.63) is 0 Å². The average molecular weight is 494 g/mol. The SMILES string of the molecule is CCCC(I)(CC)CC(F)(C(F)(F)F)C(F)(F)C(F)(F)C(F)(F)F. The van der Waals surface area contributed by atoms with Gasteiger partial charge in [0.1, 0.15) is 0 Å². The number of hydrogen-bond acceptors (Lipinski definition) is 0. The van der Waals surface area contributed by atoms with Crippen LogP contribution in [0.15, 0.2) is 0 Å². The normalized spacial score (nSPS) is 19.8. The van der Waals surface area contributed by atoms with Crippen LogP contribution in [-0.2, 0) is 0 Å². The van der Waals surface area contributed by atoms with E-state index in [4.69, 9.17) is 0 Å². The summed E-state index contributed by atoms with van der Waals surface area (Å²) in [5.41, 5.74) is -6.05. The third kappa shape index (κ3) is 4.02. The average Bonchev–Trinajstić information content (AvgIpc) is 2.35. The summed E-state index contributed by atoms with van der Waals surface area (Å²) in [5.74, 6) is -14.2. The van der Waals surface area contributed by atoms with Crippen LogP contribution in [0, 0.1) is 0 Å². The maximum atomic E-state index is 14.2. The van der Waals surface area contributed by atoms with Crippen LogP contribution in [0.1, 0.15) is 39.5 Å². The molecule has 0 saturated carbocycles. The summed E-state index contributed by atoms with van der Waals surface area (Å²) >= 11 is 1.19. The Morgan fingerprint density at radius 3 is 1.33 bits per heavy atom. The molecule has 0 aliphatic heterocycles. The highest BCUT2D eigenvalue weighted by atomic mass is 127. The first kappa shape index (κ1) is 24.0. The van der Waals surface area contributed by atoms with Crippen molar-refractivity contribution in [3.63, 3.8) is 0 Å². The Hall–Kier alpha value is -0.0400. The van der Waals surface area contributed by atoms with E-state index in [1.165, 1.54) is 36.4 Å². The minimum Gasteiger partial charge on any atom is -0.227 e. The lowest BCUT2D eigenvalue weighted by Crippen LogP contribution is -2.68. The van der Waals surface area contributed by atoms with Crippen LogP contribution in [0.2, 0.25) is 0 Å². The zero-order valence-electron chi connectivity index (χ0n) is 12.4. The Kier molecular flexibility index (Phi) is 6.92. The molecule has 0 aromatic heterocycles. The predicted molar refractivity (Wildman–Crippen MR) is 72.4 cm³/mol. The summed E-state index contributed by atoms with van der Waals surface area (Å²) in [6.45, 7) is 2.61. The Labute approximate surface area is 144 Å². The van der Waals surface area contributed by atoms with Gasteiger partial charge in [-0.1, -0.05) is 42.9 Å². The van der Waals surface area contributed by atoms with E-state index < -0.39 is 39.7 Å². The van der Waals surface area contributed by atoms with Crippen molar-refractivity contribution >= 4 is 22.6 Å². The number of halogens is 12. The largest absolute Gasteiger partial charge is 0.460 e. The molecule has 146 valence electrons. The molecular weight excluding hydrogens is 480 g/mol. The van der Waals surface area contributed by atoms with E-state index in [-0.39, 0.29) is 19.3 Å². The standard InChI is InChI=1S/C12H14F11I/c1-3-5-7(24,4-2)6-8(13,11(18,19)20)9(14,15)10(16,17)12(21,22)23/h3-6H2,1-2H3. The van der Waals surface area contributed by atoms with Crippen molar-refractivity contribution in [2.45, 2.75) is 72.8 Å². The Bertz CT molecular complexity index is 428. The van der Waals surface area contributed by atoms with E-state index in [1.54, 1.807) is 0 Å². The van der Waals surface area contributed by atoms with E-state index in [0.717, 1.165) is 0 Å². The van der Waals surface area contributed by atoms with Crippen molar-refractivity contribution in [2.75, 3.05) is 0 Å². The van der Waals surface area contributed by atoms with Crippen molar-refractivity contribution in [3.8, 4) is 0 Å². The van der Waals surface area contributed by atoms with Crippen molar-refractivity contribution in [1.82, 2.24) is 0 Å². The maximum absolute atomic E-state index is 14.2. The van der Waals surface area contributed by atoms with Crippen LogP contribution in [0.25, 0.3) is 0 Å². The third-order valence-corrected chi connectivity index (χ3v) is 5.27. The number of rotatable bonds is 7. The molecule has 2 unspecified atom stereocenters. The van der Waals surface area contributed by atoms with Crippen LogP contribution in [0.5, 0.6) is 0 Å². The highest BCUT2D eigenvalue weighted by Crippen LogP contribution is 2.60. The zero-order chi connectivity index (χ0) is 19.8. The lowest BCUT2D eigenvalue weighted by molar-refractivity contribution is -0.413. The van der Waals surface area contributed by atoms with E-state index in [0.29, 0.717) is 0 Å².